The number of rotatable bonds is 4. The number of aryl methyl sites for hydroxylation is 2. The maximum Gasteiger partial charge on any atom is 0.263 e. The Morgan fingerprint density at radius 3 is 2.57 bits per heavy atom. The fraction of sp³-hybridized carbons (Fsp3) is 0.588. The fourth-order valence-electron chi connectivity index (χ4n) is 3.18. The van der Waals surface area contributed by atoms with Crippen molar-refractivity contribution in [3.63, 3.8) is 0 Å². The van der Waals surface area contributed by atoms with Gasteiger partial charge in [0.2, 0.25) is 0 Å². The molecule has 124 valence electrons. The quantitative estimate of drug-likeness (QED) is 0.863. The summed E-state index contributed by atoms with van der Waals surface area (Å²) >= 11 is 1.57. The van der Waals surface area contributed by atoms with Gasteiger partial charge in [0.25, 0.3) is 5.56 Å². The Morgan fingerprint density at radius 2 is 1.96 bits per heavy atom. The highest BCUT2D eigenvalue weighted by molar-refractivity contribution is 7.18. The third kappa shape index (κ3) is 2.85. The molecule has 0 aromatic carbocycles. The molecule has 2 aromatic heterocycles. The SMILES string of the molecule is CC(=O)C(C)n1c(CN2CCCC2)nc2sc(C)c(C)c2c1=O. The molecule has 1 aliphatic rings. The van der Waals surface area contributed by atoms with Gasteiger partial charge in [-0.05, 0) is 59.2 Å². The van der Waals surface area contributed by atoms with Crippen molar-refractivity contribution in [1.82, 2.24) is 14.5 Å². The number of fused-ring (bicyclic) bond motifs is 1. The summed E-state index contributed by atoms with van der Waals surface area (Å²) in [6, 6.07) is -0.475. The summed E-state index contributed by atoms with van der Waals surface area (Å²) in [5, 5.41) is 0.672. The average molecular weight is 333 g/mol. The standard InChI is InChI=1S/C17H23N3O2S/c1-10-13(4)23-16-15(10)17(22)20(11(2)12(3)21)14(18-16)9-19-7-5-6-8-19/h11H,5-9H2,1-4H3. The van der Waals surface area contributed by atoms with E-state index in [2.05, 4.69) is 4.90 Å². The molecule has 0 bridgehead atoms. The molecule has 1 atom stereocenters. The first-order valence-electron chi connectivity index (χ1n) is 8.14. The van der Waals surface area contributed by atoms with Gasteiger partial charge in [0.1, 0.15) is 10.7 Å². The van der Waals surface area contributed by atoms with Crippen LogP contribution in [-0.2, 0) is 11.3 Å². The maximum absolute atomic E-state index is 13.1. The number of aromatic nitrogens is 2. The van der Waals surface area contributed by atoms with Crippen LogP contribution in [0.3, 0.4) is 0 Å². The van der Waals surface area contributed by atoms with E-state index >= 15 is 0 Å². The number of hydrogen-bond acceptors (Lipinski definition) is 5. The number of thiophene rings is 1. The molecule has 0 spiro atoms. The first-order chi connectivity index (χ1) is 10.9. The first kappa shape index (κ1) is 16.3. The lowest BCUT2D eigenvalue weighted by molar-refractivity contribution is -0.119. The molecular formula is C17H23N3O2S. The maximum atomic E-state index is 13.1. The Hall–Kier alpha value is -1.53. The number of hydrogen-bond donors (Lipinski definition) is 0. The highest BCUT2D eigenvalue weighted by Crippen LogP contribution is 2.27. The van der Waals surface area contributed by atoms with E-state index in [-0.39, 0.29) is 11.3 Å². The van der Waals surface area contributed by atoms with Crippen LogP contribution in [0, 0.1) is 13.8 Å². The fourth-order valence-corrected chi connectivity index (χ4v) is 4.22. The molecule has 23 heavy (non-hydrogen) atoms. The summed E-state index contributed by atoms with van der Waals surface area (Å²) in [6.07, 6.45) is 2.37. The minimum Gasteiger partial charge on any atom is -0.298 e. The number of carbonyl (C=O) groups excluding carboxylic acids is 1. The van der Waals surface area contributed by atoms with E-state index < -0.39 is 6.04 Å². The highest BCUT2D eigenvalue weighted by atomic mass is 32.1. The van der Waals surface area contributed by atoms with Crippen molar-refractivity contribution in [2.75, 3.05) is 13.1 Å². The van der Waals surface area contributed by atoms with Gasteiger partial charge in [-0.15, -0.1) is 11.3 Å². The minimum absolute atomic E-state index is 0.0134. The first-order valence-corrected chi connectivity index (χ1v) is 8.95. The molecule has 6 heteroatoms. The Labute approximate surface area is 139 Å². The molecule has 3 heterocycles. The van der Waals surface area contributed by atoms with Crippen LogP contribution >= 0.6 is 11.3 Å². The van der Waals surface area contributed by atoms with Crippen molar-refractivity contribution < 1.29 is 4.79 Å². The lowest BCUT2D eigenvalue weighted by Crippen LogP contribution is -2.34. The molecule has 0 saturated carbocycles. The number of Topliss-reactive ketones (excluding diaryl/α,β-unsaturated/α-hetero) is 1. The zero-order valence-electron chi connectivity index (χ0n) is 14.2. The summed E-state index contributed by atoms with van der Waals surface area (Å²) in [4.78, 5) is 34.0. The normalized spacial score (nSPS) is 17.0. The molecule has 1 fully saturated rings. The minimum atomic E-state index is -0.475. The number of likely N-dealkylation sites (tertiary alicyclic amines) is 1. The molecule has 1 unspecified atom stereocenters. The predicted octanol–water partition coefficient (Wildman–Crippen LogP) is 2.82. The lowest BCUT2D eigenvalue weighted by atomic mass is 10.2. The van der Waals surface area contributed by atoms with Gasteiger partial charge >= 0.3 is 0 Å². The molecule has 0 N–H and O–H groups in total. The highest BCUT2D eigenvalue weighted by Gasteiger charge is 2.23. The number of carbonyl (C=O) groups is 1. The van der Waals surface area contributed by atoms with Crippen LogP contribution in [0.25, 0.3) is 10.2 Å². The molecule has 1 aliphatic heterocycles. The van der Waals surface area contributed by atoms with Crippen LogP contribution in [0.2, 0.25) is 0 Å². The van der Waals surface area contributed by atoms with E-state index in [1.54, 1.807) is 22.8 Å². The summed E-state index contributed by atoms with van der Waals surface area (Å²) in [5.41, 5.74) is 0.911. The largest absolute Gasteiger partial charge is 0.298 e. The van der Waals surface area contributed by atoms with Crippen molar-refractivity contribution in [2.45, 2.75) is 53.1 Å². The molecule has 1 saturated heterocycles. The lowest BCUT2D eigenvalue weighted by Gasteiger charge is -2.21. The second-order valence-corrected chi connectivity index (χ2v) is 7.64. The van der Waals surface area contributed by atoms with Crippen molar-refractivity contribution in [3.05, 3.63) is 26.6 Å². The predicted molar refractivity (Wildman–Crippen MR) is 93.3 cm³/mol. The van der Waals surface area contributed by atoms with Gasteiger partial charge in [0, 0.05) is 4.88 Å². The topological polar surface area (TPSA) is 55.2 Å². The molecule has 2 aromatic rings. The van der Waals surface area contributed by atoms with E-state index in [1.807, 2.05) is 13.8 Å². The second kappa shape index (κ2) is 6.17. The van der Waals surface area contributed by atoms with E-state index in [0.29, 0.717) is 17.8 Å². The Kier molecular flexibility index (Phi) is 4.38. The summed E-state index contributed by atoms with van der Waals surface area (Å²) in [7, 11) is 0. The molecule has 0 aliphatic carbocycles. The van der Waals surface area contributed by atoms with E-state index in [4.69, 9.17) is 4.98 Å². The van der Waals surface area contributed by atoms with Gasteiger partial charge in [-0.2, -0.15) is 0 Å². The van der Waals surface area contributed by atoms with E-state index in [0.717, 1.165) is 28.4 Å². The summed E-state index contributed by atoms with van der Waals surface area (Å²) < 4.78 is 1.61. The van der Waals surface area contributed by atoms with E-state index in [1.165, 1.54) is 19.8 Å². The van der Waals surface area contributed by atoms with E-state index in [9.17, 15) is 9.59 Å². The van der Waals surface area contributed by atoms with Crippen LogP contribution in [0.4, 0.5) is 0 Å². The summed E-state index contributed by atoms with van der Waals surface area (Å²) in [6.45, 7) is 10.0. The Bertz CT molecular complexity index is 815. The van der Waals surface area contributed by atoms with Crippen molar-refractivity contribution in [3.8, 4) is 0 Å². The number of ketones is 1. The van der Waals surface area contributed by atoms with Crippen LogP contribution < -0.4 is 5.56 Å². The monoisotopic (exact) mass is 333 g/mol. The van der Waals surface area contributed by atoms with Crippen molar-refractivity contribution >= 4 is 27.3 Å². The van der Waals surface area contributed by atoms with Gasteiger partial charge in [-0.1, -0.05) is 0 Å². The van der Waals surface area contributed by atoms with Crippen LogP contribution in [0.1, 0.15) is 49.0 Å². The smallest absolute Gasteiger partial charge is 0.263 e. The van der Waals surface area contributed by atoms with Gasteiger partial charge in [0.05, 0.1) is 18.0 Å². The second-order valence-electron chi connectivity index (χ2n) is 6.44. The van der Waals surface area contributed by atoms with Gasteiger partial charge in [0.15, 0.2) is 5.78 Å². The molecule has 0 amide bonds. The third-order valence-corrected chi connectivity index (χ3v) is 5.95. The average Bonchev–Trinajstić information content (AvgIpc) is 3.08. The molecule has 5 nitrogen and oxygen atoms in total. The molecule has 0 radical (unpaired) electrons. The van der Waals surface area contributed by atoms with Gasteiger partial charge in [-0.3, -0.25) is 19.1 Å². The van der Waals surface area contributed by atoms with Crippen LogP contribution in [0.5, 0.6) is 0 Å². The Balaban J connectivity index is 2.20. The Morgan fingerprint density at radius 1 is 1.30 bits per heavy atom. The summed E-state index contributed by atoms with van der Waals surface area (Å²) in [5.74, 6) is 0.703. The molecule has 3 rings (SSSR count). The molecular weight excluding hydrogens is 310 g/mol. The van der Waals surface area contributed by atoms with Gasteiger partial charge in [-0.25, -0.2) is 4.98 Å². The van der Waals surface area contributed by atoms with Crippen molar-refractivity contribution in [2.24, 2.45) is 0 Å². The van der Waals surface area contributed by atoms with Gasteiger partial charge < -0.3 is 0 Å². The number of nitrogens with zero attached hydrogens (tertiary/aromatic N) is 3. The van der Waals surface area contributed by atoms with Crippen LogP contribution in [-0.4, -0.2) is 33.3 Å². The van der Waals surface area contributed by atoms with Crippen LogP contribution in [0.15, 0.2) is 4.79 Å². The zero-order valence-corrected chi connectivity index (χ0v) is 15.0. The zero-order chi connectivity index (χ0) is 16.7. The third-order valence-electron chi connectivity index (χ3n) is 4.85. The van der Waals surface area contributed by atoms with Crippen molar-refractivity contribution in [1.29, 1.82) is 0 Å².